The summed E-state index contributed by atoms with van der Waals surface area (Å²) in [5, 5.41) is 10.9. The number of hydrogen-bond donors (Lipinski definition) is 0. The standard InChI is InChI=1S/C18H13F3N2O4/c19-18(20,21)12-5-7(1-4-13(12)23(26)27)22-16(24)14-8-2-3-9(11-6-10(8)11)15(14)17(22)25/h1-5,8-11,14-15H,6H2. The number of alkyl halides is 3. The molecule has 2 saturated carbocycles. The van der Waals surface area contributed by atoms with Crippen molar-refractivity contribution >= 4 is 23.2 Å². The zero-order chi connectivity index (χ0) is 19.2. The van der Waals surface area contributed by atoms with Crippen LogP contribution in [0.25, 0.3) is 0 Å². The van der Waals surface area contributed by atoms with Crippen LogP contribution in [0, 0.1) is 45.6 Å². The molecule has 1 aliphatic heterocycles. The van der Waals surface area contributed by atoms with Crippen LogP contribution in [-0.2, 0) is 15.8 Å². The SMILES string of the molecule is O=C1C2C3C=CC(C4CC34)C2C(=O)N1c1ccc([N+](=O)[O-])c(C(F)(F)F)c1. The van der Waals surface area contributed by atoms with Gasteiger partial charge >= 0.3 is 6.18 Å². The molecule has 140 valence electrons. The molecule has 0 N–H and O–H groups in total. The first-order valence-electron chi connectivity index (χ1n) is 8.62. The Balaban J connectivity index is 1.57. The van der Waals surface area contributed by atoms with Gasteiger partial charge in [-0.25, -0.2) is 4.90 Å². The smallest absolute Gasteiger partial charge is 0.274 e. The third kappa shape index (κ3) is 2.08. The molecule has 6 atom stereocenters. The van der Waals surface area contributed by atoms with Crippen LogP contribution in [0.3, 0.4) is 0 Å². The molecule has 1 heterocycles. The topological polar surface area (TPSA) is 80.5 Å². The molecular formula is C18H13F3N2O4. The van der Waals surface area contributed by atoms with E-state index in [0.29, 0.717) is 24.0 Å². The maximum Gasteiger partial charge on any atom is 0.423 e. The molecule has 0 radical (unpaired) electrons. The van der Waals surface area contributed by atoms with Crippen molar-refractivity contribution in [1.29, 1.82) is 0 Å². The molecule has 3 fully saturated rings. The number of carbonyl (C=O) groups is 2. The Kier molecular flexibility index (Phi) is 3.03. The summed E-state index contributed by atoms with van der Waals surface area (Å²) in [7, 11) is 0. The second kappa shape index (κ2) is 4.96. The fourth-order valence-electron chi connectivity index (χ4n) is 5.26. The number of carbonyl (C=O) groups excluding carboxylic acids is 2. The van der Waals surface area contributed by atoms with Gasteiger partial charge in [-0.15, -0.1) is 0 Å². The van der Waals surface area contributed by atoms with Gasteiger partial charge in [-0.1, -0.05) is 12.2 Å². The van der Waals surface area contributed by atoms with E-state index in [4.69, 9.17) is 0 Å². The Labute approximate surface area is 150 Å². The van der Waals surface area contributed by atoms with E-state index in [9.17, 15) is 32.9 Å². The third-order valence-corrected chi connectivity index (χ3v) is 6.40. The van der Waals surface area contributed by atoms with Gasteiger partial charge in [0.05, 0.1) is 22.4 Å². The van der Waals surface area contributed by atoms with Crippen molar-refractivity contribution in [3.8, 4) is 0 Å². The number of nitro benzene ring substituents is 1. The monoisotopic (exact) mass is 378 g/mol. The highest BCUT2D eigenvalue weighted by molar-refractivity contribution is 6.22. The largest absolute Gasteiger partial charge is 0.423 e. The van der Waals surface area contributed by atoms with Crippen molar-refractivity contribution < 1.29 is 27.7 Å². The lowest BCUT2D eigenvalue weighted by Gasteiger charge is -2.37. The molecule has 0 spiro atoms. The van der Waals surface area contributed by atoms with Crippen LogP contribution in [0.5, 0.6) is 0 Å². The van der Waals surface area contributed by atoms with Crippen LogP contribution >= 0.6 is 0 Å². The molecule has 1 saturated heterocycles. The number of halogens is 3. The summed E-state index contributed by atoms with van der Waals surface area (Å²) in [5.41, 5.74) is -2.83. The first-order chi connectivity index (χ1) is 12.7. The van der Waals surface area contributed by atoms with Crippen molar-refractivity contribution in [3.63, 3.8) is 0 Å². The number of nitrogens with zero attached hydrogens (tertiary/aromatic N) is 2. The number of amides is 2. The van der Waals surface area contributed by atoms with Gasteiger partial charge in [0.1, 0.15) is 5.56 Å². The molecule has 4 aliphatic carbocycles. The second-order valence-corrected chi connectivity index (χ2v) is 7.62. The van der Waals surface area contributed by atoms with E-state index in [2.05, 4.69) is 0 Å². The zero-order valence-electron chi connectivity index (χ0n) is 13.7. The van der Waals surface area contributed by atoms with Crippen LogP contribution in [-0.4, -0.2) is 16.7 Å². The summed E-state index contributed by atoms with van der Waals surface area (Å²) in [4.78, 5) is 36.5. The summed E-state index contributed by atoms with van der Waals surface area (Å²) in [6.07, 6.45) is -0.0673. The van der Waals surface area contributed by atoms with E-state index in [1.807, 2.05) is 12.2 Å². The predicted octanol–water partition coefficient (Wildman–Crippen LogP) is 3.17. The normalized spacial score (nSPS) is 36.0. The van der Waals surface area contributed by atoms with Crippen LogP contribution in [0.2, 0.25) is 0 Å². The number of allylic oxidation sites excluding steroid dienone is 2. The summed E-state index contributed by atoms with van der Waals surface area (Å²) >= 11 is 0. The van der Waals surface area contributed by atoms with Crippen LogP contribution < -0.4 is 4.90 Å². The number of benzene rings is 1. The highest BCUT2D eigenvalue weighted by Gasteiger charge is 2.67. The third-order valence-electron chi connectivity index (χ3n) is 6.40. The molecule has 6 unspecified atom stereocenters. The fraction of sp³-hybridized carbons (Fsp3) is 0.444. The van der Waals surface area contributed by atoms with Gasteiger partial charge in [-0.2, -0.15) is 13.2 Å². The lowest BCUT2D eigenvalue weighted by atomic mass is 9.63. The first kappa shape index (κ1) is 16.5. The molecule has 5 aliphatic rings. The van der Waals surface area contributed by atoms with Gasteiger partial charge in [0, 0.05) is 6.07 Å². The molecular weight excluding hydrogens is 365 g/mol. The summed E-state index contributed by atoms with van der Waals surface area (Å²) in [5.74, 6) is -1.44. The highest BCUT2D eigenvalue weighted by atomic mass is 19.4. The van der Waals surface area contributed by atoms with E-state index >= 15 is 0 Å². The molecule has 2 bridgehead atoms. The quantitative estimate of drug-likeness (QED) is 0.343. The van der Waals surface area contributed by atoms with Crippen molar-refractivity contribution in [2.75, 3.05) is 4.90 Å². The minimum absolute atomic E-state index is 0.0495. The fourth-order valence-corrected chi connectivity index (χ4v) is 5.26. The average Bonchev–Trinajstić information content (AvgIpc) is 3.38. The van der Waals surface area contributed by atoms with Crippen LogP contribution in [0.4, 0.5) is 24.5 Å². The highest BCUT2D eigenvalue weighted by Crippen LogP contribution is 2.65. The van der Waals surface area contributed by atoms with Crippen molar-refractivity contribution in [3.05, 3.63) is 46.0 Å². The van der Waals surface area contributed by atoms with E-state index in [0.717, 1.165) is 17.4 Å². The molecule has 1 aromatic rings. The van der Waals surface area contributed by atoms with E-state index in [1.165, 1.54) is 0 Å². The number of nitro groups is 1. The molecule has 6 nitrogen and oxygen atoms in total. The lowest BCUT2D eigenvalue weighted by molar-refractivity contribution is -0.388. The summed E-state index contributed by atoms with van der Waals surface area (Å²) in [6.45, 7) is 0. The Bertz CT molecular complexity index is 905. The number of imide groups is 1. The molecule has 2 amide bonds. The number of hydrogen-bond acceptors (Lipinski definition) is 4. The Morgan fingerprint density at radius 3 is 2.07 bits per heavy atom. The van der Waals surface area contributed by atoms with Crippen LogP contribution in [0.1, 0.15) is 12.0 Å². The molecule has 27 heavy (non-hydrogen) atoms. The Morgan fingerprint density at radius 1 is 1.04 bits per heavy atom. The maximum absolute atomic E-state index is 13.3. The van der Waals surface area contributed by atoms with Crippen LogP contribution in [0.15, 0.2) is 30.4 Å². The van der Waals surface area contributed by atoms with E-state index in [-0.39, 0.29) is 17.5 Å². The lowest BCUT2D eigenvalue weighted by Crippen LogP contribution is -2.40. The van der Waals surface area contributed by atoms with E-state index < -0.39 is 46.0 Å². The van der Waals surface area contributed by atoms with E-state index in [1.54, 1.807) is 0 Å². The zero-order valence-corrected chi connectivity index (χ0v) is 13.7. The molecule has 6 rings (SSSR count). The van der Waals surface area contributed by atoms with Crippen molar-refractivity contribution in [2.24, 2.45) is 35.5 Å². The number of rotatable bonds is 2. The van der Waals surface area contributed by atoms with Gasteiger partial charge in [-0.05, 0) is 42.2 Å². The summed E-state index contributed by atoms with van der Waals surface area (Å²) in [6, 6.07) is 2.27. The van der Waals surface area contributed by atoms with Gasteiger partial charge in [0.2, 0.25) is 11.8 Å². The minimum atomic E-state index is -4.97. The van der Waals surface area contributed by atoms with Crippen molar-refractivity contribution in [1.82, 2.24) is 0 Å². The van der Waals surface area contributed by atoms with Gasteiger partial charge in [-0.3, -0.25) is 19.7 Å². The average molecular weight is 378 g/mol. The van der Waals surface area contributed by atoms with Gasteiger partial charge in [0.15, 0.2) is 0 Å². The summed E-state index contributed by atoms with van der Waals surface area (Å²) < 4.78 is 39.8. The molecule has 9 heteroatoms. The first-order valence-corrected chi connectivity index (χ1v) is 8.62. The molecule has 1 aromatic carbocycles. The number of anilines is 1. The Hall–Kier alpha value is -2.71. The van der Waals surface area contributed by atoms with Gasteiger partial charge in [0.25, 0.3) is 5.69 Å². The minimum Gasteiger partial charge on any atom is -0.274 e. The van der Waals surface area contributed by atoms with Gasteiger partial charge < -0.3 is 0 Å². The predicted molar refractivity (Wildman–Crippen MR) is 85.3 cm³/mol. The second-order valence-electron chi connectivity index (χ2n) is 7.62. The van der Waals surface area contributed by atoms with Crippen molar-refractivity contribution in [2.45, 2.75) is 12.6 Å². The maximum atomic E-state index is 13.3. The molecule has 0 aromatic heterocycles. The Morgan fingerprint density at radius 2 is 1.59 bits per heavy atom.